The van der Waals surface area contributed by atoms with E-state index < -0.39 is 5.97 Å². The monoisotopic (exact) mass is 348 g/mol. The maximum Gasteiger partial charge on any atom is 0.305 e. The van der Waals surface area contributed by atoms with Crippen LogP contribution < -0.4 is 10.6 Å². The second-order valence-corrected chi connectivity index (χ2v) is 5.59. The van der Waals surface area contributed by atoms with E-state index in [-0.39, 0.29) is 24.8 Å². The normalized spacial score (nSPS) is 10.2. The molecule has 3 N–H and O–H groups in total. The second-order valence-electron chi connectivity index (χ2n) is 4.83. The Morgan fingerprint density at radius 2 is 1.88 bits per heavy atom. The summed E-state index contributed by atoms with van der Waals surface area (Å²) in [4.78, 5) is 34.9. The zero-order chi connectivity index (χ0) is 17.5. The van der Waals surface area contributed by atoms with Gasteiger partial charge in [0.2, 0.25) is 0 Å². The average molecular weight is 348 g/mol. The minimum absolute atomic E-state index is 0.0603. The third-order valence-electron chi connectivity index (χ3n) is 3.13. The minimum Gasteiger partial charge on any atom is -0.481 e. The van der Waals surface area contributed by atoms with Crippen molar-refractivity contribution in [1.29, 1.82) is 0 Å². The number of amides is 2. The van der Waals surface area contributed by atoms with E-state index in [9.17, 15) is 14.4 Å². The number of benzene rings is 1. The van der Waals surface area contributed by atoms with Crippen LogP contribution in [0.4, 0.5) is 5.69 Å². The minimum atomic E-state index is -0.975. The number of aliphatic carboxylic acids is 1. The fourth-order valence-electron chi connectivity index (χ4n) is 1.89. The van der Waals surface area contributed by atoms with E-state index in [2.05, 4.69) is 20.2 Å². The molecule has 0 aliphatic rings. The standard InChI is InChI=1S/C15H16N4O4S/c1-2-11-13(24-19-18-11)15(23)17-10-5-3-9(4-6-10)14(22)16-8-7-12(20)21/h3-6H,2,7-8H2,1H3,(H,16,22)(H,17,23)(H,20,21). The first-order valence-electron chi connectivity index (χ1n) is 7.24. The molecular formula is C15H16N4O4S. The number of hydrogen-bond acceptors (Lipinski definition) is 6. The summed E-state index contributed by atoms with van der Waals surface area (Å²) in [5.74, 6) is -1.63. The van der Waals surface area contributed by atoms with Gasteiger partial charge in [-0.05, 0) is 42.2 Å². The Kier molecular flexibility index (Phi) is 5.96. The SMILES string of the molecule is CCc1nnsc1C(=O)Nc1ccc(C(=O)NCCC(=O)O)cc1. The molecule has 8 nitrogen and oxygen atoms in total. The molecule has 9 heteroatoms. The Labute approximate surface area is 142 Å². The van der Waals surface area contributed by atoms with Gasteiger partial charge in [-0.3, -0.25) is 14.4 Å². The van der Waals surface area contributed by atoms with Crippen LogP contribution in [0.15, 0.2) is 24.3 Å². The molecule has 2 rings (SSSR count). The predicted molar refractivity (Wildman–Crippen MR) is 88.3 cm³/mol. The highest BCUT2D eigenvalue weighted by molar-refractivity contribution is 7.08. The molecule has 0 fully saturated rings. The molecule has 0 aliphatic heterocycles. The van der Waals surface area contributed by atoms with Gasteiger partial charge in [-0.15, -0.1) is 5.10 Å². The highest BCUT2D eigenvalue weighted by Crippen LogP contribution is 2.15. The Balaban J connectivity index is 1.95. The van der Waals surface area contributed by atoms with Gasteiger partial charge in [-0.25, -0.2) is 0 Å². The van der Waals surface area contributed by atoms with Gasteiger partial charge < -0.3 is 15.7 Å². The highest BCUT2D eigenvalue weighted by atomic mass is 32.1. The summed E-state index contributed by atoms with van der Waals surface area (Å²) >= 11 is 1.04. The van der Waals surface area contributed by atoms with Crippen LogP contribution in [0.5, 0.6) is 0 Å². The summed E-state index contributed by atoms with van der Waals surface area (Å²) in [6.07, 6.45) is 0.483. The number of nitrogens with one attached hydrogen (secondary N) is 2. The number of carbonyl (C=O) groups excluding carboxylic acids is 2. The van der Waals surface area contributed by atoms with Gasteiger partial charge >= 0.3 is 5.97 Å². The molecule has 1 heterocycles. The first-order valence-corrected chi connectivity index (χ1v) is 8.01. The molecule has 0 atom stereocenters. The number of aromatic nitrogens is 2. The van der Waals surface area contributed by atoms with Crippen molar-refractivity contribution in [2.45, 2.75) is 19.8 Å². The maximum atomic E-state index is 12.2. The fourth-order valence-corrected chi connectivity index (χ4v) is 2.54. The van der Waals surface area contributed by atoms with Crippen molar-refractivity contribution in [2.24, 2.45) is 0 Å². The third kappa shape index (κ3) is 4.59. The van der Waals surface area contributed by atoms with Gasteiger partial charge in [0.05, 0.1) is 12.1 Å². The third-order valence-corrected chi connectivity index (χ3v) is 3.89. The van der Waals surface area contributed by atoms with Crippen molar-refractivity contribution in [3.8, 4) is 0 Å². The summed E-state index contributed by atoms with van der Waals surface area (Å²) in [5, 5.41) is 17.7. The first kappa shape index (κ1) is 17.5. The van der Waals surface area contributed by atoms with Crippen molar-refractivity contribution in [1.82, 2.24) is 14.9 Å². The maximum absolute atomic E-state index is 12.2. The van der Waals surface area contributed by atoms with Crippen molar-refractivity contribution in [3.63, 3.8) is 0 Å². The zero-order valence-electron chi connectivity index (χ0n) is 12.9. The van der Waals surface area contributed by atoms with Crippen LogP contribution in [-0.4, -0.2) is 39.0 Å². The lowest BCUT2D eigenvalue weighted by Gasteiger charge is -2.06. The van der Waals surface area contributed by atoms with Gasteiger partial charge in [0.15, 0.2) is 0 Å². The highest BCUT2D eigenvalue weighted by Gasteiger charge is 2.15. The quantitative estimate of drug-likeness (QED) is 0.698. The molecule has 2 amide bonds. The van der Waals surface area contributed by atoms with Crippen LogP contribution >= 0.6 is 11.5 Å². The van der Waals surface area contributed by atoms with Crippen LogP contribution in [0.1, 0.15) is 39.1 Å². The fraction of sp³-hybridized carbons (Fsp3) is 0.267. The molecule has 126 valence electrons. The van der Waals surface area contributed by atoms with Gasteiger partial charge in [-0.1, -0.05) is 11.4 Å². The number of carboxylic acids is 1. The van der Waals surface area contributed by atoms with E-state index >= 15 is 0 Å². The summed E-state index contributed by atoms with van der Waals surface area (Å²) in [6, 6.07) is 6.31. The number of anilines is 1. The van der Waals surface area contributed by atoms with Crippen molar-refractivity contribution in [3.05, 3.63) is 40.4 Å². The Morgan fingerprint density at radius 3 is 2.50 bits per heavy atom. The molecule has 0 aliphatic carbocycles. The summed E-state index contributed by atoms with van der Waals surface area (Å²) in [6.45, 7) is 1.95. The first-order chi connectivity index (χ1) is 11.5. The van der Waals surface area contributed by atoms with Crippen LogP contribution in [0.25, 0.3) is 0 Å². The van der Waals surface area contributed by atoms with Crippen molar-refractivity contribution in [2.75, 3.05) is 11.9 Å². The zero-order valence-corrected chi connectivity index (χ0v) is 13.7. The van der Waals surface area contributed by atoms with Gasteiger partial charge in [0, 0.05) is 17.8 Å². The number of carboxylic acid groups (broad SMARTS) is 1. The van der Waals surface area contributed by atoms with Crippen molar-refractivity contribution >= 4 is 35.0 Å². The molecule has 1 aromatic heterocycles. The molecule has 0 saturated carbocycles. The Hall–Kier alpha value is -2.81. The van der Waals surface area contributed by atoms with Gasteiger partial charge in [-0.2, -0.15) is 0 Å². The molecular weight excluding hydrogens is 332 g/mol. The second kappa shape index (κ2) is 8.16. The van der Waals surface area contributed by atoms with Crippen LogP contribution in [0.2, 0.25) is 0 Å². The van der Waals surface area contributed by atoms with E-state index in [0.717, 1.165) is 11.5 Å². The topological polar surface area (TPSA) is 121 Å². The number of nitrogens with zero attached hydrogens (tertiary/aromatic N) is 2. The largest absolute Gasteiger partial charge is 0.481 e. The van der Waals surface area contributed by atoms with Crippen molar-refractivity contribution < 1.29 is 19.5 Å². The summed E-state index contributed by atoms with van der Waals surface area (Å²) in [7, 11) is 0. The van der Waals surface area contributed by atoms with E-state index in [1.54, 1.807) is 24.3 Å². The number of rotatable bonds is 7. The summed E-state index contributed by atoms with van der Waals surface area (Å²) in [5.41, 5.74) is 1.57. The van der Waals surface area contributed by atoms with Crippen LogP contribution in [0, 0.1) is 0 Å². The molecule has 24 heavy (non-hydrogen) atoms. The van der Waals surface area contributed by atoms with E-state index in [0.29, 0.717) is 28.2 Å². The lowest BCUT2D eigenvalue weighted by molar-refractivity contribution is -0.136. The molecule has 0 spiro atoms. The molecule has 0 unspecified atom stereocenters. The lowest BCUT2D eigenvalue weighted by Crippen LogP contribution is -2.25. The predicted octanol–water partition coefficient (Wildman–Crippen LogP) is 1.56. The molecule has 2 aromatic rings. The molecule has 0 saturated heterocycles. The van der Waals surface area contributed by atoms with Gasteiger partial charge in [0.25, 0.3) is 11.8 Å². The number of carbonyl (C=O) groups is 3. The molecule has 0 radical (unpaired) electrons. The molecule has 0 bridgehead atoms. The van der Waals surface area contributed by atoms with Crippen LogP contribution in [0.3, 0.4) is 0 Å². The molecule has 1 aromatic carbocycles. The van der Waals surface area contributed by atoms with Gasteiger partial charge in [0.1, 0.15) is 4.88 Å². The Morgan fingerprint density at radius 1 is 1.17 bits per heavy atom. The number of aryl methyl sites for hydroxylation is 1. The smallest absolute Gasteiger partial charge is 0.305 e. The van der Waals surface area contributed by atoms with E-state index in [1.807, 2.05) is 6.92 Å². The van der Waals surface area contributed by atoms with E-state index in [1.165, 1.54) is 0 Å². The number of hydrogen-bond donors (Lipinski definition) is 3. The average Bonchev–Trinajstić information content (AvgIpc) is 3.03. The van der Waals surface area contributed by atoms with Crippen LogP contribution in [-0.2, 0) is 11.2 Å². The van der Waals surface area contributed by atoms with E-state index in [4.69, 9.17) is 5.11 Å². The summed E-state index contributed by atoms with van der Waals surface area (Å²) < 4.78 is 3.77. The lowest BCUT2D eigenvalue weighted by atomic mass is 10.2. The Bertz CT molecular complexity index is 742.